The highest BCUT2D eigenvalue weighted by molar-refractivity contribution is 7.80. The fraction of sp³-hybridized carbons (Fsp3) is 0.800. The molecule has 0 aromatic carbocycles. The monoisotopic (exact) mass is 231 g/mol. The minimum Gasteiger partial charge on any atom is -0.392 e. The van der Waals surface area contributed by atoms with Gasteiger partial charge in [0.2, 0.25) is 5.91 Å². The van der Waals surface area contributed by atoms with Crippen LogP contribution in [-0.4, -0.2) is 42.0 Å². The molecule has 0 aromatic rings. The molecule has 0 saturated carbocycles. The lowest BCUT2D eigenvalue weighted by molar-refractivity contribution is -0.122. The Bertz CT molecular complexity index is 221. The maximum Gasteiger partial charge on any atom is 0.234 e. The summed E-state index contributed by atoms with van der Waals surface area (Å²) in [5.74, 6) is 0.0229. The van der Waals surface area contributed by atoms with E-state index in [1.165, 1.54) is 0 Å². The first-order chi connectivity index (χ1) is 6.95. The topological polar surface area (TPSA) is 58.4 Å². The summed E-state index contributed by atoms with van der Waals surface area (Å²) in [5, 5.41) is 2.92. The van der Waals surface area contributed by atoms with Crippen LogP contribution in [0.2, 0.25) is 0 Å². The van der Waals surface area contributed by atoms with Gasteiger partial charge in [-0.2, -0.15) is 0 Å². The summed E-state index contributed by atoms with van der Waals surface area (Å²) in [6, 6.07) is 0.237. The van der Waals surface area contributed by atoms with Gasteiger partial charge in [-0.1, -0.05) is 25.6 Å². The summed E-state index contributed by atoms with van der Waals surface area (Å²) >= 11 is 4.76. The average molecular weight is 231 g/mol. The van der Waals surface area contributed by atoms with Crippen molar-refractivity contribution in [3.63, 3.8) is 0 Å². The van der Waals surface area contributed by atoms with Gasteiger partial charge in [0, 0.05) is 12.6 Å². The van der Waals surface area contributed by atoms with E-state index in [2.05, 4.69) is 12.2 Å². The van der Waals surface area contributed by atoms with Crippen molar-refractivity contribution in [2.45, 2.75) is 32.7 Å². The van der Waals surface area contributed by atoms with Crippen LogP contribution in [0.5, 0.6) is 0 Å². The number of nitrogens with two attached hydrogens (primary N) is 1. The molecule has 0 spiro atoms. The summed E-state index contributed by atoms with van der Waals surface area (Å²) in [6.07, 6.45) is 2.08. The molecule has 0 aliphatic heterocycles. The second-order valence-electron chi connectivity index (χ2n) is 3.90. The van der Waals surface area contributed by atoms with E-state index in [9.17, 15) is 4.79 Å². The summed E-state index contributed by atoms with van der Waals surface area (Å²) in [5.41, 5.74) is 5.38. The molecule has 0 fully saturated rings. The third kappa shape index (κ3) is 8.32. The number of carbonyl (C=O) groups excluding carboxylic acids is 1. The largest absolute Gasteiger partial charge is 0.392 e. The van der Waals surface area contributed by atoms with Gasteiger partial charge in [0.15, 0.2) is 0 Å². The molecule has 1 atom stereocenters. The van der Waals surface area contributed by atoms with Crippen LogP contribution < -0.4 is 11.1 Å². The van der Waals surface area contributed by atoms with Gasteiger partial charge in [-0.3, -0.25) is 9.69 Å². The van der Waals surface area contributed by atoms with Crippen molar-refractivity contribution in [3.05, 3.63) is 0 Å². The van der Waals surface area contributed by atoms with Gasteiger partial charge in [-0.05, 0) is 20.4 Å². The number of nitrogens with zero attached hydrogens (tertiary/aromatic N) is 1. The fourth-order valence-corrected chi connectivity index (χ4v) is 1.61. The van der Waals surface area contributed by atoms with Crippen molar-refractivity contribution >= 4 is 23.1 Å². The summed E-state index contributed by atoms with van der Waals surface area (Å²) < 4.78 is 0. The van der Waals surface area contributed by atoms with E-state index >= 15 is 0 Å². The predicted molar refractivity (Wildman–Crippen MR) is 66.8 cm³/mol. The molecule has 0 bridgehead atoms. The Labute approximate surface area is 97.2 Å². The predicted octanol–water partition coefficient (Wildman–Crippen LogP) is 0.509. The first kappa shape index (κ1) is 14.3. The van der Waals surface area contributed by atoms with Gasteiger partial charge in [0.1, 0.15) is 0 Å². The number of thiocarbonyl (C=S) groups is 1. The Morgan fingerprint density at radius 3 is 2.60 bits per heavy atom. The normalized spacial score (nSPS) is 12.5. The molecule has 0 rings (SSSR count). The van der Waals surface area contributed by atoms with Crippen LogP contribution in [-0.2, 0) is 4.79 Å². The molecule has 1 amide bonds. The minimum absolute atomic E-state index is 0.0229. The van der Waals surface area contributed by atoms with Gasteiger partial charge in [0.05, 0.1) is 11.5 Å². The van der Waals surface area contributed by atoms with Crippen LogP contribution in [0.4, 0.5) is 0 Å². The molecule has 0 saturated heterocycles. The number of likely N-dealkylation sites (N-methyl/N-ethyl adjacent to an activating group) is 1. The van der Waals surface area contributed by atoms with Crippen molar-refractivity contribution in [1.29, 1.82) is 0 Å². The van der Waals surface area contributed by atoms with Crippen LogP contribution in [0.15, 0.2) is 0 Å². The lowest BCUT2D eigenvalue weighted by atomic mass is 10.2. The van der Waals surface area contributed by atoms with E-state index in [4.69, 9.17) is 18.0 Å². The first-order valence-corrected chi connectivity index (χ1v) is 5.62. The van der Waals surface area contributed by atoms with Crippen LogP contribution in [0.3, 0.4) is 0 Å². The molecule has 0 aliphatic rings. The highest BCUT2D eigenvalue weighted by Crippen LogP contribution is 1.94. The van der Waals surface area contributed by atoms with E-state index in [1.807, 2.05) is 14.0 Å². The van der Waals surface area contributed by atoms with Crippen LogP contribution in [0, 0.1) is 0 Å². The second kappa shape index (κ2) is 7.59. The lowest BCUT2D eigenvalue weighted by Crippen LogP contribution is -2.41. The number of hydrogen-bond donors (Lipinski definition) is 2. The summed E-state index contributed by atoms with van der Waals surface area (Å²) in [7, 11) is 1.82. The quantitative estimate of drug-likeness (QED) is 0.627. The fourth-order valence-electron chi connectivity index (χ4n) is 1.39. The molecule has 0 radical (unpaired) electrons. The minimum atomic E-state index is 0.0229. The molecule has 3 N–H and O–H groups in total. The molecular formula is C10H21N3OS. The smallest absolute Gasteiger partial charge is 0.234 e. The molecule has 4 nitrogen and oxygen atoms in total. The molecule has 0 aromatic heterocycles. The van der Waals surface area contributed by atoms with E-state index < -0.39 is 0 Å². The number of hydrogen-bond acceptors (Lipinski definition) is 3. The molecule has 0 aliphatic carbocycles. The van der Waals surface area contributed by atoms with E-state index in [-0.39, 0.29) is 11.9 Å². The lowest BCUT2D eigenvalue weighted by Gasteiger charge is -2.18. The van der Waals surface area contributed by atoms with Crippen molar-refractivity contribution in [2.75, 3.05) is 20.1 Å². The third-order valence-corrected chi connectivity index (χ3v) is 2.10. The summed E-state index contributed by atoms with van der Waals surface area (Å²) in [4.78, 5) is 13.7. The van der Waals surface area contributed by atoms with Gasteiger partial charge >= 0.3 is 0 Å². The summed E-state index contributed by atoms with van der Waals surface area (Å²) in [6.45, 7) is 4.92. The molecule has 1 unspecified atom stereocenters. The molecular weight excluding hydrogens is 210 g/mol. The molecule has 88 valence electrons. The Morgan fingerprint density at radius 1 is 1.53 bits per heavy atom. The Kier molecular flexibility index (Phi) is 7.25. The third-order valence-electron chi connectivity index (χ3n) is 1.97. The van der Waals surface area contributed by atoms with Crippen LogP contribution >= 0.6 is 12.2 Å². The van der Waals surface area contributed by atoms with Crippen molar-refractivity contribution in [1.82, 2.24) is 10.2 Å². The molecule has 15 heavy (non-hydrogen) atoms. The number of rotatable bonds is 7. The standard InChI is InChI=1S/C10H21N3OS/c1-4-5-8(2)12-10(14)7-13(3)6-9(11)15/h8H,4-7H2,1-3H3,(H2,11,15)(H,12,14). The number of nitrogens with one attached hydrogen (secondary N) is 1. The van der Waals surface area contributed by atoms with Crippen LogP contribution in [0.25, 0.3) is 0 Å². The van der Waals surface area contributed by atoms with Crippen molar-refractivity contribution < 1.29 is 4.79 Å². The van der Waals surface area contributed by atoms with E-state index in [0.717, 1.165) is 12.8 Å². The second-order valence-corrected chi connectivity index (χ2v) is 4.42. The Morgan fingerprint density at radius 2 is 2.13 bits per heavy atom. The van der Waals surface area contributed by atoms with Crippen molar-refractivity contribution in [3.8, 4) is 0 Å². The highest BCUT2D eigenvalue weighted by Gasteiger charge is 2.09. The number of carbonyl (C=O) groups is 1. The SMILES string of the molecule is CCCC(C)NC(=O)CN(C)CC(N)=S. The molecule has 5 heteroatoms. The zero-order valence-electron chi connectivity index (χ0n) is 9.75. The van der Waals surface area contributed by atoms with Gasteiger partial charge in [-0.15, -0.1) is 0 Å². The number of amides is 1. The van der Waals surface area contributed by atoms with Crippen LogP contribution in [0.1, 0.15) is 26.7 Å². The van der Waals surface area contributed by atoms with E-state index in [1.54, 1.807) is 4.90 Å². The van der Waals surface area contributed by atoms with Gasteiger partial charge in [-0.25, -0.2) is 0 Å². The Hall–Kier alpha value is -0.680. The zero-order valence-corrected chi connectivity index (χ0v) is 10.6. The maximum absolute atomic E-state index is 11.5. The van der Waals surface area contributed by atoms with Crippen molar-refractivity contribution in [2.24, 2.45) is 5.73 Å². The van der Waals surface area contributed by atoms with Gasteiger partial charge < -0.3 is 11.1 Å². The zero-order chi connectivity index (χ0) is 11.8. The van der Waals surface area contributed by atoms with E-state index in [0.29, 0.717) is 18.1 Å². The van der Waals surface area contributed by atoms with Gasteiger partial charge in [0.25, 0.3) is 0 Å². The first-order valence-electron chi connectivity index (χ1n) is 5.22. The average Bonchev–Trinajstić information content (AvgIpc) is 2.00. The highest BCUT2D eigenvalue weighted by atomic mass is 32.1. The maximum atomic E-state index is 11.5. The molecule has 0 heterocycles. The Balaban J connectivity index is 3.77.